The maximum atomic E-state index is 6.00. The van der Waals surface area contributed by atoms with E-state index in [9.17, 15) is 0 Å². The molecule has 1 heterocycles. The minimum atomic E-state index is -0.178. The summed E-state index contributed by atoms with van der Waals surface area (Å²) in [4.78, 5) is 4.54. The summed E-state index contributed by atoms with van der Waals surface area (Å²) in [6.45, 7) is 3.82. The summed E-state index contributed by atoms with van der Waals surface area (Å²) in [5, 5.41) is 0.665. The third-order valence-corrected chi connectivity index (χ3v) is 3.22. The summed E-state index contributed by atoms with van der Waals surface area (Å²) in [6, 6.07) is 15.4. The van der Waals surface area contributed by atoms with Gasteiger partial charge in [-0.2, -0.15) is 0 Å². The van der Waals surface area contributed by atoms with Crippen molar-refractivity contribution >= 4 is 23.2 Å². The third-order valence-electron chi connectivity index (χ3n) is 2.99. The van der Waals surface area contributed by atoms with Crippen LogP contribution in [0.25, 0.3) is 0 Å². The first-order valence-corrected chi connectivity index (χ1v) is 6.38. The number of ether oxygens (including phenoxy) is 1. The van der Waals surface area contributed by atoms with Crippen molar-refractivity contribution < 1.29 is 4.74 Å². The standard InChI is InChI=1S/C16H12ClNO/c1-2-15-13-8-3-4-9-14(13)18-16(19-15)11-6-5-7-12(17)10-11/h2-10,15H,1H2/t15-/m1/s1. The van der Waals surface area contributed by atoms with Crippen LogP contribution in [0.1, 0.15) is 17.2 Å². The first-order chi connectivity index (χ1) is 9.28. The quantitative estimate of drug-likeness (QED) is 0.726. The average molecular weight is 270 g/mol. The van der Waals surface area contributed by atoms with Crippen LogP contribution >= 0.6 is 11.6 Å². The molecule has 3 heteroatoms. The van der Waals surface area contributed by atoms with E-state index in [0.29, 0.717) is 10.9 Å². The lowest BCUT2D eigenvalue weighted by Gasteiger charge is -2.23. The molecule has 0 aromatic heterocycles. The van der Waals surface area contributed by atoms with Gasteiger partial charge in [-0.25, -0.2) is 4.99 Å². The second-order valence-electron chi connectivity index (χ2n) is 4.26. The Balaban J connectivity index is 2.10. The fourth-order valence-corrected chi connectivity index (χ4v) is 2.27. The normalized spacial score (nSPS) is 17.1. The molecule has 0 spiro atoms. The van der Waals surface area contributed by atoms with Gasteiger partial charge in [-0.15, -0.1) is 0 Å². The number of aliphatic imine (C=N–C) groups is 1. The lowest BCUT2D eigenvalue weighted by Crippen LogP contribution is -2.15. The second kappa shape index (κ2) is 4.90. The number of benzene rings is 2. The maximum Gasteiger partial charge on any atom is 0.222 e. The van der Waals surface area contributed by atoms with Gasteiger partial charge in [0.1, 0.15) is 6.10 Å². The molecule has 1 aliphatic heterocycles. The van der Waals surface area contributed by atoms with Crippen LogP contribution < -0.4 is 0 Å². The molecular weight excluding hydrogens is 258 g/mol. The van der Waals surface area contributed by atoms with E-state index in [0.717, 1.165) is 16.8 Å². The predicted molar refractivity (Wildman–Crippen MR) is 78.1 cm³/mol. The zero-order valence-corrected chi connectivity index (χ0v) is 11.0. The smallest absolute Gasteiger partial charge is 0.222 e. The number of halogens is 1. The van der Waals surface area contributed by atoms with Crippen molar-refractivity contribution in [1.82, 2.24) is 0 Å². The van der Waals surface area contributed by atoms with Gasteiger partial charge in [0.05, 0.1) is 5.69 Å². The molecule has 1 atom stereocenters. The Morgan fingerprint density at radius 1 is 1.16 bits per heavy atom. The molecular formula is C16H12ClNO. The van der Waals surface area contributed by atoms with Gasteiger partial charge in [-0.3, -0.25) is 0 Å². The molecule has 0 radical (unpaired) electrons. The van der Waals surface area contributed by atoms with Crippen molar-refractivity contribution in [3.05, 3.63) is 77.3 Å². The topological polar surface area (TPSA) is 21.6 Å². The van der Waals surface area contributed by atoms with E-state index >= 15 is 0 Å². The lowest BCUT2D eigenvalue weighted by atomic mass is 10.1. The highest BCUT2D eigenvalue weighted by Gasteiger charge is 2.21. The number of rotatable bonds is 2. The maximum absolute atomic E-state index is 6.00. The molecule has 0 aliphatic carbocycles. The van der Waals surface area contributed by atoms with Gasteiger partial charge in [0, 0.05) is 16.1 Å². The van der Waals surface area contributed by atoms with Gasteiger partial charge in [-0.05, 0) is 30.3 Å². The van der Waals surface area contributed by atoms with E-state index in [-0.39, 0.29) is 6.10 Å². The van der Waals surface area contributed by atoms with Crippen LogP contribution in [-0.2, 0) is 4.74 Å². The summed E-state index contributed by atoms with van der Waals surface area (Å²) in [5.74, 6) is 0.575. The second-order valence-corrected chi connectivity index (χ2v) is 4.70. The highest BCUT2D eigenvalue weighted by molar-refractivity contribution is 6.31. The summed E-state index contributed by atoms with van der Waals surface area (Å²) in [6.07, 6.45) is 1.60. The number of hydrogen-bond donors (Lipinski definition) is 0. The number of hydrogen-bond acceptors (Lipinski definition) is 2. The minimum absolute atomic E-state index is 0.178. The van der Waals surface area contributed by atoms with Crippen molar-refractivity contribution in [1.29, 1.82) is 0 Å². The Morgan fingerprint density at radius 3 is 2.79 bits per heavy atom. The Hall–Kier alpha value is -2.06. The molecule has 3 rings (SSSR count). The van der Waals surface area contributed by atoms with Crippen LogP contribution in [-0.4, -0.2) is 5.90 Å². The minimum Gasteiger partial charge on any atom is -0.465 e. The van der Waals surface area contributed by atoms with E-state index in [4.69, 9.17) is 16.3 Å². The molecule has 19 heavy (non-hydrogen) atoms. The molecule has 0 bridgehead atoms. The van der Waals surface area contributed by atoms with Gasteiger partial charge in [0.2, 0.25) is 5.90 Å². The van der Waals surface area contributed by atoms with Crippen molar-refractivity contribution in [2.75, 3.05) is 0 Å². The lowest BCUT2D eigenvalue weighted by molar-refractivity contribution is 0.238. The molecule has 1 aliphatic rings. The fourth-order valence-electron chi connectivity index (χ4n) is 2.08. The van der Waals surface area contributed by atoms with Gasteiger partial charge in [-0.1, -0.05) is 42.4 Å². The van der Waals surface area contributed by atoms with E-state index in [1.807, 2.05) is 48.5 Å². The van der Waals surface area contributed by atoms with Crippen LogP contribution in [0.15, 0.2) is 66.2 Å². The van der Waals surface area contributed by atoms with Crippen LogP contribution in [0.3, 0.4) is 0 Å². The number of fused-ring (bicyclic) bond motifs is 1. The van der Waals surface area contributed by atoms with Gasteiger partial charge in [0.15, 0.2) is 0 Å². The summed E-state index contributed by atoms with van der Waals surface area (Å²) in [5.41, 5.74) is 2.81. The molecule has 0 amide bonds. The van der Waals surface area contributed by atoms with Crippen LogP contribution in [0, 0.1) is 0 Å². The molecule has 0 N–H and O–H groups in total. The Bertz CT molecular complexity index is 663. The number of para-hydroxylation sites is 1. The van der Waals surface area contributed by atoms with Gasteiger partial charge < -0.3 is 4.74 Å². The largest absolute Gasteiger partial charge is 0.465 e. The summed E-state index contributed by atoms with van der Waals surface area (Å²) >= 11 is 6.00. The van der Waals surface area contributed by atoms with E-state index in [1.54, 1.807) is 6.08 Å². The van der Waals surface area contributed by atoms with Crippen LogP contribution in [0.5, 0.6) is 0 Å². The van der Waals surface area contributed by atoms with Gasteiger partial charge >= 0.3 is 0 Å². The van der Waals surface area contributed by atoms with Crippen LogP contribution in [0.4, 0.5) is 5.69 Å². The zero-order chi connectivity index (χ0) is 13.2. The summed E-state index contributed by atoms with van der Waals surface area (Å²) in [7, 11) is 0. The third kappa shape index (κ3) is 2.27. The molecule has 0 unspecified atom stereocenters. The molecule has 2 nitrogen and oxygen atoms in total. The van der Waals surface area contributed by atoms with E-state index in [2.05, 4.69) is 11.6 Å². The van der Waals surface area contributed by atoms with Crippen molar-refractivity contribution in [3.8, 4) is 0 Å². The zero-order valence-electron chi connectivity index (χ0n) is 10.2. The predicted octanol–water partition coefficient (Wildman–Crippen LogP) is 4.68. The Labute approximate surface area is 117 Å². The SMILES string of the molecule is C=C[C@H]1OC(c2cccc(Cl)c2)=Nc2ccccc21. The Morgan fingerprint density at radius 2 is 2.00 bits per heavy atom. The molecule has 0 saturated carbocycles. The fraction of sp³-hybridized carbons (Fsp3) is 0.0625. The van der Waals surface area contributed by atoms with Crippen molar-refractivity contribution in [2.24, 2.45) is 4.99 Å². The monoisotopic (exact) mass is 269 g/mol. The first kappa shape index (κ1) is 12.0. The first-order valence-electron chi connectivity index (χ1n) is 6.00. The summed E-state index contributed by atoms with van der Waals surface area (Å²) < 4.78 is 5.88. The molecule has 0 saturated heterocycles. The molecule has 2 aromatic rings. The van der Waals surface area contributed by atoms with E-state index < -0.39 is 0 Å². The van der Waals surface area contributed by atoms with Crippen molar-refractivity contribution in [2.45, 2.75) is 6.10 Å². The average Bonchev–Trinajstić information content (AvgIpc) is 2.46. The molecule has 2 aromatic carbocycles. The highest BCUT2D eigenvalue weighted by Crippen LogP contribution is 2.34. The highest BCUT2D eigenvalue weighted by atomic mass is 35.5. The molecule has 0 fully saturated rings. The number of nitrogens with zero attached hydrogens (tertiary/aromatic N) is 1. The van der Waals surface area contributed by atoms with Gasteiger partial charge in [0.25, 0.3) is 0 Å². The van der Waals surface area contributed by atoms with Crippen molar-refractivity contribution in [3.63, 3.8) is 0 Å². The Kier molecular flexibility index (Phi) is 3.10. The van der Waals surface area contributed by atoms with Crippen LogP contribution in [0.2, 0.25) is 5.02 Å². The van der Waals surface area contributed by atoms with E-state index in [1.165, 1.54) is 0 Å². The molecule has 94 valence electrons.